The number of carbonyl (C=O) groups is 4. The first-order valence-corrected chi connectivity index (χ1v) is 31.5. The molecule has 0 saturated heterocycles. The predicted octanol–water partition coefficient (Wildman–Crippen LogP) is 10.7. The molecule has 0 amide bonds. The molecular formula is C52H96O8Sn. The van der Waals surface area contributed by atoms with Crippen LogP contribution in [0.3, 0.4) is 0 Å². The van der Waals surface area contributed by atoms with E-state index in [0.29, 0.717) is 25.0 Å². The SMILES string of the molecule is CCCCCCCCCCCCCCCCCC/C(=C/C(=O)[O-])C(=O)[O-].CCCCCCCCCCCCCCCCCC/C(=C/C(=O)[O-])C(=O)[O-].CCC[CH2][SnH2+4][CH2]CCC. The van der Waals surface area contributed by atoms with Crippen LogP contribution in [0, 0.1) is 0 Å². The van der Waals surface area contributed by atoms with Crippen molar-refractivity contribution >= 4 is 45.0 Å². The Morgan fingerprint density at radius 3 is 0.689 bits per heavy atom. The molecule has 0 N–H and O–H groups in total. The number of carboxylic acids is 4. The Balaban J connectivity index is -0.000000918. The van der Waals surface area contributed by atoms with Crippen molar-refractivity contribution in [2.24, 2.45) is 0 Å². The van der Waals surface area contributed by atoms with Crippen LogP contribution < -0.4 is 20.4 Å². The van der Waals surface area contributed by atoms with E-state index in [1.807, 2.05) is 0 Å². The molecule has 0 unspecified atom stereocenters. The second-order valence-corrected chi connectivity index (χ2v) is 23.5. The van der Waals surface area contributed by atoms with Gasteiger partial charge in [-0.05, 0) is 49.0 Å². The molecule has 0 rings (SSSR count). The van der Waals surface area contributed by atoms with Gasteiger partial charge in [-0.15, -0.1) is 0 Å². The zero-order chi connectivity index (χ0) is 45.9. The van der Waals surface area contributed by atoms with Crippen LogP contribution in [0.1, 0.15) is 272 Å². The molecule has 0 heterocycles. The second-order valence-electron chi connectivity index (χ2n) is 17.4. The monoisotopic (exact) mass is 969 g/mol. The molecular weight excluding hydrogens is 871 g/mol. The van der Waals surface area contributed by atoms with E-state index in [0.717, 1.165) is 25.7 Å². The molecule has 0 aliphatic heterocycles. The van der Waals surface area contributed by atoms with E-state index in [-0.39, 0.29) is 45.1 Å². The summed E-state index contributed by atoms with van der Waals surface area (Å²) in [6, 6.07) is 0. The van der Waals surface area contributed by atoms with E-state index in [2.05, 4.69) is 27.7 Å². The summed E-state index contributed by atoms with van der Waals surface area (Å²) in [5.74, 6) is -5.76. The zero-order valence-electron chi connectivity index (χ0n) is 40.4. The van der Waals surface area contributed by atoms with E-state index in [4.69, 9.17) is 0 Å². The van der Waals surface area contributed by atoms with Gasteiger partial charge in [0.25, 0.3) is 0 Å². The molecule has 0 aromatic heterocycles. The van der Waals surface area contributed by atoms with Gasteiger partial charge in [-0.3, -0.25) is 0 Å². The van der Waals surface area contributed by atoms with Crippen molar-refractivity contribution in [3.63, 3.8) is 0 Å². The Labute approximate surface area is 386 Å². The fourth-order valence-corrected chi connectivity index (χ4v) is 13.4. The van der Waals surface area contributed by atoms with Crippen molar-refractivity contribution in [2.75, 3.05) is 0 Å². The topological polar surface area (TPSA) is 161 Å². The van der Waals surface area contributed by atoms with Crippen molar-refractivity contribution in [1.82, 2.24) is 0 Å². The van der Waals surface area contributed by atoms with E-state index in [9.17, 15) is 39.6 Å². The first-order chi connectivity index (χ1) is 29.6. The van der Waals surface area contributed by atoms with Gasteiger partial charge in [0.2, 0.25) is 0 Å². The van der Waals surface area contributed by atoms with Crippen LogP contribution in [0.5, 0.6) is 0 Å². The van der Waals surface area contributed by atoms with Crippen molar-refractivity contribution < 1.29 is 39.6 Å². The van der Waals surface area contributed by atoms with Crippen LogP contribution in [-0.4, -0.2) is 45.0 Å². The first-order valence-electron chi connectivity index (χ1n) is 25.8. The number of rotatable bonds is 44. The van der Waals surface area contributed by atoms with Gasteiger partial charge in [-0.1, -0.05) is 206 Å². The average Bonchev–Trinajstić information content (AvgIpc) is 3.22. The standard InChI is InChI=1S/2C22H40O4.2C4H9.Sn.2H/c2*1-2-3-4-5-6-7-8-9-10-11-12-13-14-15-16-17-18-20(22(25)26)19-21(23)24;2*1-3-4-2;;;/h2*19H,2-18H2,1H3,(H,23,24)(H,25,26);2*1,3-4H2,2H3;;;/q;;;;+4;;/p-4/b2*20-19-;;;;;. The van der Waals surface area contributed by atoms with E-state index >= 15 is 0 Å². The maximum atomic E-state index is 10.8. The van der Waals surface area contributed by atoms with Crippen LogP contribution in [0.2, 0.25) is 8.87 Å². The summed E-state index contributed by atoms with van der Waals surface area (Å²) in [5, 5.41) is 42.3. The zero-order valence-corrected chi connectivity index (χ0v) is 44.4. The van der Waals surface area contributed by atoms with Crippen LogP contribution in [0.4, 0.5) is 0 Å². The number of carbonyl (C=O) groups excluding carboxylic acids is 4. The third-order valence-electron chi connectivity index (χ3n) is 11.4. The van der Waals surface area contributed by atoms with Gasteiger partial charge in [-0.2, -0.15) is 0 Å². The fraction of sp³-hybridized carbons (Fsp3) is 0.846. The summed E-state index contributed by atoms with van der Waals surface area (Å²) in [7, 11) is 0. The molecule has 0 saturated carbocycles. The van der Waals surface area contributed by atoms with E-state index in [1.54, 1.807) is 8.87 Å². The maximum absolute atomic E-state index is 10.8. The minimum atomic E-state index is -1.47. The molecule has 8 nitrogen and oxygen atoms in total. The molecule has 0 aliphatic rings. The summed E-state index contributed by atoms with van der Waals surface area (Å²) >= 11 is -0.159. The van der Waals surface area contributed by atoms with Crippen LogP contribution >= 0.6 is 0 Å². The molecule has 9 heteroatoms. The van der Waals surface area contributed by atoms with Gasteiger partial charge >= 0.3 is 69.5 Å². The number of carboxylic acid groups (broad SMARTS) is 4. The summed E-state index contributed by atoms with van der Waals surface area (Å²) in [6.45, 7) is 9.10. The predicted molar refractivity (Wildman–Crippen MR) is 252 cm³/mol. The molecule has 0 fully saturated rings. The molecule has 4 radical (unpaired) electrons. The van der Waals surface area contributed by atoms with Crippen LogP contribution in [0.25, 0.3) is 0 Å². The Hall–Kier alpha value is -1.84. The number of unbranched alkanes of at least 4 members (excludes halogenated alkanes) is 32. The molecule has 0 aromatic rings. The Morgan fingerprint density at radius 2 is 0.508 bits per heavy atom. The number of aliphatic carboxylic acids is 4. The molecule has 0 atom stereocenters. The summed E-state index contributed by atoms with van der Waals surface area (Å²) < 4.78 is 3.33. The minimum absolute atomic E-state index is 0.159. The second kappa shape index (κ2) is 54.3. The van der Waals surface area contributed by atoms with Gasteiger partial charge in [0.1, 0.15) is 0 Å². The van der Waals surface area contributed by atoms with Crippen LogP contribution in [-0.2, 0) is 19.2 Å². The van der Waals surface area contributed by atoms with E-state index in [1.165, 1.54) is 193 Å². The average molecular weight is 968 g/mol. The Kier molecular flexibility index (Phi) is 56.5. The summed E-state index contributed by atoms with van der Waals surface area (Å²) in [4.78, 5) is 42.3. The third kappa shape index (κ3) is 58.2. The van der Waals surface area contributed by atoms with Crippen molar-refractivity contribution in [3.05, 3.63) is 23.3 Å². The van der Waals surface area contributed by atoms with Crippen molar-refractivity contribution in [1.29, 1.82) is 0 Å². The Morgan fingerprint density at radius 1 is 0.311 bits per heavy atom. The third-order valence-corrected chi connectivity index (χ3v) is 17.1. The molecule has 61 heavy (non-hydrogen) atoms. The van der Waals surface area contributed by atoms with Crippen molar-refractivity contribution in [3.8, 4) is 0 Å². The summed E-state index contributed by atoms with van der Waals surface area (Å²) in [6.07, 6.45) is 47.8. The molecule has 0 aromatic carbocycles. The van der Waals surface area contributed by atoms with Gasteiger partial charge in [0.15, 0.2) is 0 Å². The molecule has 356 valence electrons. The van der Waals surface area contributed by atoms with Gasteiger partial charge in [-0.25, -0.2) is 0 Å². The van der Waals surface area contributed by atoms with E-state index < -0.39 is 23.9 Å². The molecule has 0 spiro atoms. The number of hydrogen-bond acceptors (Lipinski definition) is 8. The van der Waals surface area contributed by atoms with Gasteiger partial charge in [0.05, 0.1) is 23.9 Å². The quantitative estimate of drug-likeness (QED) is 0.0331. The molecule has 0 bridgehead atoms. The van der Waals surface area contributed by atoms with Gasteiger partial charge in [0, 0.05) is 0 Å². The number of hydrogen-bond donors (Lipinski definition) is 0. The van der Waals surface area contributed by atoms with Crippen molar-refractivity contribution in [2.45, 2.75) is 281 Å². The van der Waals surface area contributed by atoms with Gasteiger partial charge < -0.3 is 39.6 Å². The normalized spacial score (nSPS) is 11.4. The molecule has 0 aliphatic carbocycles. The first kappa shape index (κ1) is 63.4. The summed E-state index contributed by atoms with van der Waals surface area (Å²) in [5.41, 5.74) is -0.342. The van der Waals surface area contributed by atoms with Crippen LogP contribution in [0.15, 0.2) is 23.3 Å². The fourth-order valence-electron chi connectivity index (χ4n) is 7.51. The Bertz CT molecular complexity index is 960.